The van der Waals surface area contributed by atoms with E-state index in [9.17, 15) is 4.39 Å². The first kappa shape index (κ1) is 21.9. The van der Waals surface area contributed by atoms with Gasteiger partial charge < -0.3 is 10.6 Å². The van der Waals surface area contributed by atoms with Crippen LogP contribution in [0.2, 0.25) is 0 Å². The molecule has 8 heteroatoms. The Kier molecular flexibility index (Phi) is 9.33. The van der Waals surface area contributed by atoms with Gasteiger partial charge in [0.05, 0.1) is 22.7 Å². The van der Waals surface area contributed by atoms with Gasteiger partial charge in [0.1, 0.15) is 16.9 Å². The molecule has 0 fully saturated rings. The topological polar surface area (TPSA) is 90.8 Å². The Balaban J connectivity index is 0.000000227. The number of halogens is 1. The van der Waals surface area contributed by atoms with Crippen LogP contribution in [-0.2, 0) is 6.42 Å². The fraction of sp³-hybridized carbons (Fsp3) is 0.158. The Bertz CT molecular complexity index is 1010. The Morgan fingerprint density at radius 1 is 1.26 bits per heavy atom. The van der Waals surface area contributed by atoms with E-state index in [0.29, 0.717) is 11.9 Å². The molecule has 0 atom stereocenters. The van der Waals surface area contributed by atoms with Gasteiger partial charge in [0, 0.05) is 16.6 Å². The van der Waals surface area contributed by atoms with E-state index < -0.39 is 0 Å². The summed E-state index contributed by atoms with van der Waals surface area (Å²) in [5, 5.41) is 16.8. The first-order valence-corrected chi connectivity index (χ1v) is 8.84. The maximum absolute atomic E-state index is 12.7. The summed E-state index contributed by atoms with van der Waals surface area (Å²) in [6.45, 7) is 7.99. The van der Waals surface area contributed by atoms with E-state index >= 15 is 0 Å². The van der Waals surface area contributed by atoms with Gasteiger partial charge in [-0.3, -0.25) is 0 Å². The average Bonchev–Trinajstić information content (AvgIpc) is 3.02. The Hall–Kier alpha value is -3.12. The molecule has 0 unspecified atom stereocenters. The smallest absolute Gasteiger partial charge is 0.298 e. The van der Waals surface area contributed by atoms with Crippen LogP contribution in [0.4, 0.5) is 10.1 Å². The van der Waals surface area contributed by atoms with Gasteiger partial charge in [0.25, 0.3) is 6.54 Å². The van der Waals surface area contributed by atoms with Crippen molar-refractivity contribution in [3.63, 3.8) is 0 Å². The van der Waals surface area contributed by atoms with Crippen LogP contribution in [0.3, 0.4) is 0 Å². The lowest BCUT2D eigenvalue weighted by atomic mass is 10.2. The van der Waals surface area contributed by atoms with Crippen molar-refractivity contribution >= 4 is 39.9 Å². The number of nitrogens with two attached hydrogens (primary N) is 1. The molecule has 2 N–H and O–H groups in total. The number of nitrogens with zero attached hydrogens (tertiary/aromatic N) is 4. The molecule has 0 bridgehead atoms. The van der Waals surface area contributed by atoms with Gasteiger partial charge in [-0.2, -0.15) is 10.5 Å². The number of aryl methyl sites for hydroxylation is 1. The van der Waals surface area contributed by atoms with Gasteiger partial charge in [0.2, 0.25) is 0 Å². The highest BCUT2D eigenvalue weighted by Crippen LogP contribution is 2.22. The molecule has 136 valence electrons. The van der Waals surface area contributed by atoms with Crippen LogP contribution < -0.4 is 5.73 Å². The third-order valence-corrected chi connectivity index (χ3v) is 4.40. The molecule has 5 nitrogen and oxygen atoms in total. The van der Waals surface area contributed by atoms with E-state index in [1.165, 1.54) is 29.0 Å². The molecule has 1 aromatic heterocycles. The van der Waals surface area contributed by atoms with E-state index in [-0.39, 0.29) is 12.4 Å². The van der Waals surface area contributed by atoms with Crippen LogP contribution in [-0.4, -0.2) is 11.5 Å². The predicted octanol–water partition coefficient (Wildman–Crippen LogP) is 4.80. The predicted molar refractivity (Wildman–Crippen MR) is 109 cm³/mol. The van der Waals surface area contributed by atoms with Crippen molar-refractivity contribution in [2.24, 2.45) is 0 Å². The van der Waals surface area contributed by atoms with Gasteiger partial charge in [0.15, 0.2) is 0 Å². The fourth-order valence-corrected chi connectivity index (χ4v) is 2.82. The maximum atomic E-state index is 12.7. The van der Waals surface area contributed by atoms with Crippen LogP contribution in [0.5, 0.6) is 0 Å². The number of rotatable bonds is 1. The normalized spacial score (nSPS) is 8.89. The number of nitrogen functional groups attached to an aromatic ring is 1. The number of thiol groups is 1. The van der Waals surface area contributed by atoms with Crippen molar-refractivity contribution in [3.8, 4) is 12.1 Å². The minimum atomic E-state index is -0.290. The maximum Gasteiger partial charge on any atom is 0.298 e. The summed E-state index contributed by atoms with van der Waals surface area (Å²) in [7, 11) is 0. The third kappa shape index (κ3) is 7.75. The van der Waals surface area contributed by atoms with Gasteiger partial charge in [-0.25, -0.2) is 15.9 Å². The molecule has 0 saturated carbocycles. The van der Waals surface area contributed by atoms with Crippen LogP contribution in [0.15, 0.2) is 41.3 Å². The number of anilines is 1. The number of nitriles is 2. The summed E-state index contributed by atoms with van der Waals surface area (Å²) in [5.74, 6) is -0.290. The van der Waals surface area contributed by atoms with E-state index in [2.05, 4.69) is 22.5 Å². The van der Waals surface area contributed by atoms with Crippen LogP contribution in [0, 0.1) is 42.0 Å². The zero-order valence-corrected chi connectivity index (χ0v) is 16.2. The lowest BCUT2D eigenvalue weighted by Crippen LogP contribution is -1.86. The van der Waals surface area contributed by atoms with Crippen molar-refractivity contribution < 1.29 is 4.39 Å². The second-order valence-corrected chi connectivity index (χ2v) is 6.69. The van der Waals surface area contributed by atoms with Crippen molar-refractivity contribution in [2.75, 3.05) is 12.3 Å². The van der Waals surface area contributed by atoms with Gasteiger partial charge in [-0.15, -0.1) is 24.0 Å². The number of benzene rings is 2. The lowest BCUT2D eigenvalue weighted by Gasteiger charge is -1.97. The molecule has 0 radical (unpaired) electrons. The van der Waals surface area contributed by atoms with Crippen molar-refractivity contribution in [3.05, 3.63) is 64.2 Å². The molecule has 0 amide bonds. The highest BCUT2D eigenvalue weighted by atomic mass is 32.1. The molecule has 2 aromatic carbocycles. The summed E-state index contributed by atoms with van der Waals surface area (Å²) >= 11 is 5.55. The first-order chi connectivity index (χ1) is 12.9. The summed E-state index contributed by atoms with van der Waals surface area (Å²) < 4.78 is 13.7. The summed E-state index contributed by atoms with van der Waals surface area (Å²) in [4.78, 5) is 7.71. The van der Waals surface area contributed by atoms with E-state index in [1.54, 1.807) is 12.1 Å². The van der Waals surface area contributed by atoms with Gasteiger partial charge in [-0.1, -0.05) is 6.07 Å². The largest absolute Gasteiger partial charge is 0.398 e. The number of thiazole rings is 1. The van der Waals surface area contributed by atoms with E-state index in [0.717, 1.165) is 20.3 Å². The fourth-order valence-electron chi connectivity index (χ4n) is 1.80. The Labute approximate surface area is 166 Å². The highest BCUT2D eigenvalue weighted by Gasteiger charge is 2.03. The Morgan fingerprint density at radius 3 is 2.52 bits per heavy atom. The van der Waals surface area contributed by atoms with Gasteiger partial charge in [-0.05, 0) is 36.8 Å². The molecule has 0 aliphatic carbocycles. The number of hydrogen-bond acceptors (Lipinski definition) is 6. The molecular weight excluding hydrogens is 381 g/mol. The SMILES string of the molecule is Cc1ccc(S)c(N)c1.N#CCc1nc2cc(F)ccc2s1.[C-]#[N+]CC#N. The quantitative estimate of drug-likeness (QED) is 0.267. The van der Waals surface area contributed by atoms with Gasteiger partial charge >= 0.3 is 0 Å². The van der Waals surface area contributed by atoms with E-state index in [4.69, 9.17) is 22.8 Å². The first-order valence-electron chi connectivity index (χ1n) is 7.58. The van der Waals surface area contributed by atoms with Crippen LogP contribution in [0.1, 0.15) is 10.6 Å². The molecule has 0 aliphatic heterocycles. The Morgan fingerprint density at radius 2 is 2.00 bits per heavy atom. The standard InChI is InChI=1S/C9H5FN2S.C7H9NS.C3H2N2/c10-6-1-2-8-7(5-6)12-9(13-8)3-4-11;1-5-2-3-7(9)6(8)4-5;1-5-3-2-4/h1-2,5H,3H2;2-4,9H,8H2,1H3;3H2. The van der Waals surface area contributed by atoms with Crippen molar-refractivity contribution in [2.45, 2.75) is 18.2 Å². The molecule has 0 spiro atoms. The summed E-state index contributed by atoms with van der Waals surface area (Å²) in [6, 6.07) is 13.9. The average molecular weight is 398 g/mol. The second-order valence-electron chi connectivity index (χ2n) is 5.09. The van der Waals surface area contributed by atoms with Crippen LogP contribution >= 0.6 is 24.0 Å². The third-order valence-electron chi connectivity index (χ3n) is 2.96. The molecule has 3 aromatic rings. The molecule has 1 heterocycles. The summed E-state index contributed by atoms with van der Waals surface area (Å²) in [6.07, 6.45) is 0.293. The summed E-state index contributed by atoms with van der Waals surface area (Å²) in [5.41, 5.74) is 8.10. The minimum absolute atomic E-state index is 0.0139. The molecule has 0 aliphatic rings. The number of fused-ring (bicyclic) bond motifs is 1. The molecule has 0 saturated heterocycles. The van der Waals surface area contributed by atoms with Crippen molar-refractivity contribution in [1.82, 2.24) is 4.98 Å². The number of aromatic nitrogens is 1. The zero-order valence-electron chi connectivity index (χ0n) is 14.5. The van der Waals surface area contributed by atoms with Crippen LogP contribution in [0.25, 0.3) is 15.1 Å². The minimum Gasteiger partial charge on any atom is -0.398 e. The number of hydrogen-bond donors (Lipinski definition) is 2. The molecular formula is C19H16FN5S2. The zero-order chi connectivity index (χ0) is 20.2. The molecule has 27 heavy (non-hydrogen) atoms. The second kappa shape index (κ2) is 11.5. The monoisotopic (exact) mass is 397 g/mol. The highest BCUT2D eigenvalue weighted by molar-refractivity contribution is 7.80. The van der Waals surface area contributed by atoms with E-state index in [1.807, 2.05) is 31.2 Å². The van der Waals surface area contributed by atoms with Crippen molar-refractivity contribution in [1.29, 1.82) is 10.5 Å². The lowest BCUT2D eigenvalue weighted by molar-refractivity contribution is 0.629. The molecule has 3 rings (SSSR count).